The molecule has 0 unspecified atom stereocenters. The molecular formula is C24H26N2O4S2. The van der Waals surface area contributed by atoms with Crippen LogP contribution in [0.5, 0.6) is 5.75 Å². The van der Waals surface area contributed by atoms with E-state index in [4.69, 9.17) is 4.74 Å². The average molecular weight is 471 g/mol. The molecule has 3 aromatic rings. The summed E-state index contributed by atoms with van der Waals surface area (Å²) in [6.07, 6.45) is 0. The normalized spacial score (nSPS) is 12.1. The Morgan fingerprint density at radius 1 is 1.03 bits per heavy atom. The number of hydrogen-bond acceptors (Lipinski definition) is 5. The van der Waals surface area contributed by atoms with Gasteiger partial charge < -0.3 is 10.1 Å². The Balaban J connectivity index is 1.62. The Bertz CT molecular complexity index is 1160. The van der Waals surface area contributed by atoms with E-state index in [9.17, 15) is 13.2 Å². The molecule has 1 amide bonds. The number of hydrogen-bond donors (Lipinski definition) is 2. The third-order valence-electron chi connectivity index (χ3n) is 4.74. The number of thioether (sulfide) groups is 1. The number of amides is 1. The fourth-order valence-corrected chi connectivity index (χ4v) is 4.84. The Labute approximate surface area is 193 Å². The fourth-order valence-electron chi connectivity index (χ4n) is 2.94. The molecule has 0 spiro atoms. The van der Waals surface area contributed by atoms with Crippen LogP contribution in [0, 0.1) is 6.92 Å². The Morgan fingerprint density at radius 3 is 2.38 bits per heavy atom. The number of ether oxygens (including phenoxy) is 1. The molecule has 0 saturated carbocycles. The van der Waals surface area contributed by atoms with Crippen LogP contribution in [-0.2, 0) is 20.6 Å². The Morgan fingerprint density at radius 2 is 1.72 bits per heavy atom. The lowest BCUT2D eigenvalue weighted by atomic mass is 10.2. The van der Waals surface area contributed by atoms with Crippen molar-refractivity contribution in [2.45, 2.75) is 29.7 Å². The highest BCUT2D eigenvalue weighted by Crippen LogP contribution is 2.28. The van der Waals surface area contributed by atoms with Crippen LogP contribution in [-0.4, -0.2) is 26.7 Å². The zero-order valence-corrected chi connectivity index (χ0v) is 19.8. The van der Waals surface area contributed by atoms with Gasteiger partial charge in [-0.05, 0) is 61.4 Å². The van der Waals surface area contributed by atoms with Crippen molar-refractivity contribution in [1.82, 2.24) is 0 Å². The van der Waals surface area contributed by atoms with E-state index in [1.54, 1.807) is 36.0 Å². The third kappa shape index (κ3) is 6.27. The summed E-state index contributed by atoms with van der Waals surface area (Å²) in [6, 6.07) is 21.3. The monoisotopic (exact) mass is 470 g/mol. The van der Waals surface area contributed by atoms with E-state index in [2.05, 4.69) is 10.0 Å². The molecule has 0 saturated heterocycles. The molecule has 3 rings (SSSR count). The molecule has 1 atom stereocenters. The minimum absolute atomic E-state index is 0.0885. The zero-order chi connectivity index (χ0) is 23.1. The number of carbonyl (C=O) groups is 1. The molecular weight excluding hydrogens is 444 g/mol. The summed E-state index contributed by atoms with van der Waals surface area (Å²) in [7, 11) is -2.33. The van der Waals surface area contributed by atoms with Gasteiger partial charge in [-0.25, -0.2) is 8.42 Å². The van der Waals surface area contributed by atoms with Crippen molar-refractivity contribution < 1.29 is 17.9 Å². The van der Waals surface area contributed by atoms with Crippen LogP contribution in [0.1, 0.15) is 18.1 Å². The van der Waals surface area contributed by atoms with Crippen molar-refractivity contribution in [3.63, 3.8) is 0 Å². The quantitative estimate of drug-likeness (QED) is 0.456. The van der Waals surface area contributed by atoms with Crippen molar-refractivity contribution in [3.05, 3.63) is 83.9 Å². The summed E-state index contributed by atoms with van der Waals surface area (Å²) in [5, 5.41) is 2.58. The Hall–Kier alpha value is -2.97. The number of benzene rings is 3. The Kier molecular flexibility index (Phi) is 7.82. The second-order valence-corrected chi connectivity index (χ2v) is 10.3. The highest BCUT2D eigenvalue weighted by Gasteiger charge is 2.18. The number of anilines is 2. The molecule has 0 aliphatic rings. The van der Waals surface area contributed by atoms with E-state index in [1.165, 1.54) is 19.2 Å². The summed E-state index contributed by atoms with van der Waals surface area (Å²) >= 11 is 1.54. The van der Waals surface area contributed by atoms with E-state index in [0.29, 0.717) is 17.1 Å². The van der Waals surface area contributed by atoms with Gasteiger partial charge in [-0.15, -0.1) is 11.8 Å². The lowest BCUT2D eigenvalue weighted by Crippen LogP contribution is -2.22. The van der Waals surface area contributed by atoms with E-state index in [1.807, 2.05) is 50.2 Å². The van der Waals surface area contributed by atoms with Gasteiger partial charge in [0.1, 0.15) is 5.75 Å². The van der Waals surface area contributed by atoms with Gasteiger partial charge in [0.15, 0.2) is 0 Å². The maximum absolute atomic E-state index is 12.8. The average Bonchev–Trinajstić information content (AvgIpc) is 2.78. The van der Waals surface area contributed by atoms with Gasteiger partial charge in [0.05, 0.1) is 22.9 Å². The minimum Gasteiger partial charge on any atom is -0.495 e. The molecule has 0 heterocycles. The maximum Gasteiger partial charge on any atom is 0.262 e. The molecule has 32 heavy (non-hydrogen) atoms. The maximum atomic E-state index is 12.8. The first-order valence-electron chi connectivity index (χ1n) is 10.0. The molecule has 8 heteroatoms. The summed E-state index contributed by atoms with van der Waals surface area (Å²) in [5.74, 6) is 1.04. The summed E-state index contributed by atoms with van der Waals surface area (Å²) in [5.41, 5.74) is 2.97. The standard InChI is InChI=1S/C24H26N2O4S2/c1-17-9-14-23(30-3)22(15-17)26-32(28,29)21-12-10-20(11-13-21)25-24(27)18(2)31-16-19-7-5-4-6-8-19/h4-15,18,26H,16H2,1-3H3,(H,25,27)/t18-/m1/s1. The second kappa shape index (κ2) is 10.6. The molecule has 0 fully saturated rings. The number of aryl methyl sites for hydroxylation is 1. The van der Waals surface area contributed by atoms with Gasteiger partial charge in [0.2, 0.25) is 5.91 Å². The van der Waals surface area contributed by atoms with Crippen LogP contribution >= 0.6 is 11.8 Å². The fraction of sp³-hybridized carbons (Fsp3) is 0.208. The summed E-state index contributed by atoms with van der Waals surface area (Å²) in [6.45, 7) is 3.72. The van der Waals surface area contributed by atoms with Gasteiger partial charge in [-0.2, -0.15) is 0 Å². The lowest BCUT2D eigenvalue weighted by molar-refractivity contribution is -0.115. The van der Waals surface area contributed by atoms with Crippen molar-refractivity contribution in [2.24, 2.45) is 0 Å². The first-order chi connectivity index (χ1) is 15.3. The van der Waals surface area contributed by atoms with Gasteiger partial charge in [-0.1, -0.05) is 36.4 Å². The molecule has 3 aromatic carbocycles. The molecule has 0 bridgehead atoms. The van der Waals surface area contributed by atoms with Crippen LogP contribution in [0.4, 0.5) is 11.4 Å². The summed E-state index contributed by atoms with van der Waals surface area (Å²) < 4.78 is 33.4. The van der Waals surface area contributed by atoms with Crippen molar-refractivity contribution >= 4 is 39.1 Å². The molecule has 6 nitrogen and oxygen atoms in total. The van der Waals surface area contributed by atoms with E-state index >= 15 is 0 Å². The van der Waals surface area contributed by atoms with Crippen LogP contribution in [0.15, 0.2) is 77.7 Å². The minimum atomic E-state index is -3.81. The van der Waals surface area contributed by atoms with Crippen molar-refractivity contribution in [3.8, 4) is 5.75 Å². The van der Waals surface area contributed by atoms with Crippen molar-refractivity contribution in [2.75, 3.05) is 17.1 Å². The number of methoxy groups -OCH3 is 1. The first-order valence-corrected chi connectivity index (χ1v) is 12.6. The van der Waals surface area contributed by atoms with Gasteiger partial charge >= 0.3 is 0 Å². The first kappa shape index (κ1) is 23.7. The number of nitrogens with one attached hydrogen (secondary N) is 2. The van der Waals surface area contributed by atoms with Gasteiger partial charge in [-0.3, -0.25) is 9.52 Å². The molecule has 0 radical (unpaired) electrons. The van der Waals surface area contributed by atoms with Gasteiger partial charge in [0.25, 0.3) is 10.0 Å². The largest absolute Gasteiger partial charge is 0.495 e. The third-order valence-corrected chi connectivity index (χ3v) is 7.34. The van der Waals surface area contributed by atoms with Crippen LogP contribution in [0.3, 0.4) is 0 Å². The topological polar surface area (TPSA) is 84.5 Å². The smallest absolute Gasteiger partial charge is 0.262 e. The zero-order valence-electron chi connectivity index (χ0n) is 18.2. The van der Waals surface area contributed by atoms with E-state index in [0.717, 1.165) is 16.9 Å². The predicted octanol–water partition coefficient (Wildman–Crippen LogP) is 5.06. The van der Waals surface area contributed by atoms with Crippen LogP contribution in [0.2, 0.25) is 0 Å². The highest BCUT2D eigenvalue weighted by molar-refractivity contribution is 7.99. The molecule has 2 N–H and O–H groups in total. The molecule has 0 aliphatic carbocycles. The molecule has 0 aliphatic heterocycles. The summed E-state index contributed by atoms with van der Waals surface area (Å²) in [4.78, 5) is 12.6. The van der Waals surface area contributed by atoms with Crippen molar-refractivity contribution in [1.29, 1.82) is 0 Å². The number of sulfonamides is 1. The second-order valence-electron chi connectivity index (χ2n) is 7.26. The van der Waals surface area contributed by atoms with E-state index in [-0.39, 0.29) is 16.1 Å². The van der Waals surface area contributed by atoms with E-state index < -0.39 is 10.0 Å². The van der Waals surface area contributed by atoms with Crippen LogP contribution < -0.4 is 14.8 Å². The number of carbonyl (C=O) groups excluding carboxylic acids is 1. The van der Waals surface area contributed by atoms with Crippen LogP contribution in [0.25, 0.3) is 0 Å². The lowest BCUT2D eigenvalue weighted by Gasteiger charge is -2.14. The predicted molar refractivity (Wildman–Crippen MR) is 131 cm³/mol. The highest BCUT2D eigenvalue weighted by atomic mass is 32.2. The molecule has 0 aromatic heterocycles. The van der Waals surface area contributed by atoms with Gasteiger partial charge in [0, 0.05) is 11.4 Å². The molecule has 168 valence electrons. The number of rotatable bonds is 9. The SMILES string of the molecule is COc1ccc(C)cc1NS(=O)(=O)c1ccc(NC(=O)[C@@H](C)SCc2ccccc2)cc1.